The molecule has 0 aliphatic heterocycles. The molecule has 0 saturated heterocycles. The van der Waals surface area contributed by atoms with Crippen molar-refractivity contribution in [2.45, 2.75) is 52.7 Å². The van der Waals surface area contributed by atoms with E-state index in [1.165, 1.54) is 23.3 Å². The van der Waals surface area contributed by atoms with Crippen LogP contribution in [-0.2, 0) is 4.79 Å². The fraction of sp³-hybridized carbons (Fsp3) is 0.381. The van der Waals surface area contributed by atoms with Gasteiger partial charge in [0, 0.05) is 0 Å². The number of hydrogen-bond donors (Lipinski definition) is 1. The van der Waals surface area contributed by atoms with Gasteiger partial charge >= 0.3 is 0 Å². The predicted octanol–water partition coefficient (Wildman–Crippen LogP) is 4.87. The van der Waals surface area contributed by atoms with Gasteiger partial charge in [-0.25, -0.2) is 4.39 Å². The molecule has 3 nitrogen and oxygen atoms in total. The molecule has 0 bridgehead atoms. The highest BCUT2D eigenvalue weighted by Crippen LogP contribution is 2.22. The summed E-state index contributed by atoms with van der Waals surface area (Å²) in [5.41, 5.74) is 3.48. The number of benzene rings is 2. The molecule has 0 unspecified atom stereocenters. The number of amides is 1. The number of nitrogens with one attached hydrogen (secondary N) is 1. The molecule has 2 atom stereocenters. The van der Waals surface area contributed by atoms with Crippen LogP contribution in [0, 0.1) is 19.7 Å². The van der Waals surface area contributed by atoms with Gasteiger partial charge in [0.2, 0.25) is 0 Å². The first-order chi connectivity index (χ1) is 12.0. The molecule has 0 aromatic heterocycles. The maximum atomic E-state index is 13.8. The van der Waals surface area contributed by atoms with Gasteiger partial charge in [-0.2, -0.15) is 0 Å². The Balaban J connectivity index is 2.11. The molecular formula is C21H26FNO2. The zero-order valence-corrected chi connectivity index (χ0v) is 15.3. The van der Waals surface area contributed by atoms with Crippen LogP contribution in [0.2, 0.25) is 0 Å². The first-order valence-electron chi connectivity index (χ1n) is 8.75. The fourth-order valence-electron chi connectivity index (χ4n) is 2.68. The van der Waals surface area contributed by atoms with E-state index in [0.29, 0.717) is 6.42 Å². The highest BCUT2D eigenvalue weighted by Gasteiger charge is 2.23. The second-order valence-electron chi connectivity index (χ2n) is 6.26. The Kier molecular flexibility index (Phi) is 6.57. The van der Waals surface area contributed by atoms with Gasteiger partial charge in [-0.15, -0.1) is 0 Å². The van der Waals surface area contributed by atoms with Gasteiger partial charge in [0.25, 0.3) is 5.91 Å². The fourth-order valence-corrected chi connectivity index (χ4v) is 2.68. The molecule has 25 heavy (non-hydrogen) atoms. The Hall–Kier alpha value is -2.36. The first-order valence-corrected chi connectivity index (χ1v) is 8.75. The van der Waals surface area contributed by atoms with Gasteiger partial charge in [-0.1, -0.05) is 44.2 Å². The Morgan fingerprint density at radius 1 is 1.08 bits per heavy atom. The predicted molar refractivity (Wildman–Crippen MR) is 98.2 cm³/mol. The summed E-state index contributed by atoms with van der Waals surface area (Å²) >= 11 is 0. The number of aryl methyl sites for hydroxylation is 2. The quantitative estimate of drug-likeness (QED) is 0.779. The van der Waals surface area contributed by atoms with Crippen LogP contribution in [0.25, 0.3) is 0 Å². The molecule has 0 saturated carbocycles. The Morgan fingerprint density at radius 3 is 2.40 bits per heavy atom. The van der Waals surface area contributed by atoms with Gasteiger partial charge in [0.05, 0.1) is 6.04 Å². The molecule has 1 N–H and O–H groups in total. The van der Waals surface area contributed by atoms with Crippen molar-refractivity contribution in [1.29, 1.82) is 0 Å². The lowest BCUT2D eigenvalue weighted by atomic mass is 9.99. The van der Waals surface area contributed by atoms with Crippen LogP contribution in [0.5, 0.6) is 5.75 Å². The summed E-state index contributed by atoms with van der Waals surface area (Å²) in [5.74, 6) is -0.588. The Labute approximate surface area is 149 Å². The lowest BCUT2D eigenvalue weighted by molar-refractivity contribution is -0.129. The number of carbonyl (C=O) groups is 1. The molecule has 134 valence electrons. The standard InChI is InChI=1S/C21H26FNO2/c1-5-18(16-12-11-14(3)15(4)13-16)23-21(24)19(6-2)25-20-10-8-7-9-17(20)22/h7-13,18-19H,5-6H2,1-4H3,(H,23,24)/t18-,19-/m1/s1. The molecule has 0 aliphatic carbocycles. The molecule has 0 fully saturated rings. The lowest BCUT2D eigenvalue weighted by Gasteiger charge is -2.23. The van der Waals surface area contributed by atoms with E-state index in [1.807, 2.05) is 19.9 Å². The van der Waals surface area contributed by atoms with Crippen molar-refractivity contribution in [3.05, 3.63) is 65.0 Å². The second kappa shape index (κ2) is 8.65. The van der Waals surface area contributed by atoms with Gasteiger partial charge in [0.15, 0.2) is 17.7 Å². The summed E-state index contributed by atoms with van der Waals surface area (Å²) in [4.78, 5) is 12.6. The van der Waals surface area contributed by atoms with Crippen LogP contribution in [-0.4, -0.2) is 12.0 Å². The largest absolute Gasteiger partial charge is 0.478 e. The maximum Gasteiger partial charge on any atom is 0.261 e. The van der Waals surface area contributed by atoms with Crippen molar-refractivity contribution in [2.75, 3.05) is 0 Å². The highest BCUT2D eigenvalue weighted by molar-refractivity contribution is 5.81. The van der Waals surface area contributed by atoms with Crippen LogP contribution in [0.1, 0.15) is 49.4 Å². The molecule has 2 aromatic rings. The molecule has 2 rings (SSSR count). The van der Waals surface area contributed by atoms with Crippen LogP contribution in [0.15, 0.2) is 42.5 Å². The summed E-state index contributed by atoms with van der Waals surface area (Å²) in [6, 6.07) is 12.2. The van der Waals surface area contributed by atoms with E-state index >= 15 is 0 Å². The molecule has 0 aliphatic rings. The van der Waals surface area contributed by atoms with Gasteiger partial charge < -0.3 is 10.1 Å². The molecule has 1 amide bonds. The summed E-state index contributed by atoms with van der Waals surface area (Å²) in [6.45, 7) is 8.00. The smallest absolute Gasteiger partial charge is 0.261 e. The van der Waals surface area contributed by atoms with Crippen LogP contribution < -0.4 is 10.1 Å². The van der Waals surface area contributed by atoms with Crippen molar-refractivity contribution in [1.82, 2.24) is 5.32 Å². The van der Waals surface area contributed by atoms with Crippen molar-refractivity contribution in [2.24, 2.45) is 0 Å². The van der Waals surface area contributed by atoms with Crippen LogP contribution in [0.4, 0.5) is 4.39 Å². The third-order valence-corrected chi connectivity index (χ3v) is 4.43. The summed E-state index contributed by atoms with van der Waals surface area (Å²) in [5, 5.41) is 3.03. The lowest BCUT2D eigenvalue weighted by Crippen LogP contribution is -2.40. The summed E-state index contributed by atoms with van der Waals surface area (Å²) in [7, 11) is 0. The minimum Gasteiger partial charge on any atom is -0.478 e. The van der Waals surface area contributed by atoms with Crippen LogP contribution in [0.3, 0.4) is 0 Å². The third-order valence-electron chi connectivity index (χ3n) is 4.43. The van der Waals surface area contributed by atoms with Gasteiger partial charge in [-0.05, 0) is 55.5 Å². The number of halogens is 1. The van der Waals surface area contributed by atoms with E-state index < -0.39 is 11.9 Å². The number of para-hydroxylation sites is 1. The molecule has 4 heteroatoms. The number of carbonyl (C=O) groups excluding carboxylic acids is 1. The Bertz CT molecular complexity index is 730. The minimum atomic E-state index is -0.725. The maximum absolute atomic E-state index is 13.8. The SMILES string of the molecule is CC[C@@H](Oc1ccccc1F)C(=O)N[C@H](CC)c1ccc(C)c(C)c1. The van der Waals surface area contributed by atoms with E-state index in [-0.39, 0.29) is 17.7 Å². The summed E-state index contributed by atoms with van der Waals surface area (Å²) in [6.07, 6.45) is 0.506. The molecule has 0 spiro atoms. The average molecular weight is 343 g/mol. The molecular weight excluding hydrogens is 317 g/mol. The van der Waals surface area contributed by atoms with Gasteiger partial charge in [-0.3, -0.25) is 4.79 Å². The number of rotatable bonds is 7. The first kappa shape index (κ1) is 19.0. The molecule has 0 radical (unpaired) electrons. The van der Waals surface area contributed by atoms with Crippen molar-refractivity contribution in [3.8, 4) is 5.75 Å². The zero-order valence-electron chi connectivity index (χ0n) is 15.3. The number of hydrogen-bond acceptors (Lipinski definition) is 2. The van der Waals surface area contributed by atoms with Crippen molar-refractivity contribution >= 4 is 5.91 Å². The molecule has 2 aromatic carbocycles. The normalized spacial score (nSPS) is 13.2. The van der Waals surface area contributed by atoms with E-state index in [4.69, 9.17) is 4.74 Å². The monoisotopic (exact) mass is 343 g/mol. The second-order valence-corrected chi connectivity index (χ2v) is 6.26. The third kappa shape index (κ3) is 4.81. The summed E-state index contributed by atoms with van der Waals surface area (Å²) < 4.78 is 19.4. The number of ether oxygens (including phenoxy) is 1. The zero-order chi connectivity index (χ0) is 18.4. The van der Waals surface area contributed by atoms with E-state index in [0.717, 1.165) is 12.0 Å². The van der Waals surface area contributed by atoms with Crippen LogP contribution >= 0.6 is 0 Å². The Morgan fingerprint density at radius 2 is 1.80 bits per heavy atom. The average Bonchev–Trinajstić information content (AvgIpc) is 2.61. The van der Waals surface area contributed by atoms with Gasteiger partial charge in [0.1, 0.15) is 0 Å². The highest BCUT2D eigenvalue weighted by atomic mass is 19.1. The van der Waals surface area contributed by atoms with E-state index in [9.17, 15) is 9.18 Å². The van der Waals surface area contributed by atoms with Crippen molar-refractivity contribution < 1.29 is 13.9 Å². The minimum absolute atomic E-state index is 0.0925. The topological polar surface area (TPSA) is 38.3 Å². The van der Waals surface area contributed by atoms with E-state index in [2.05, 4.69) is 31.3 Å². The van der Waals surface area contributed by atoms with Crippen molar-refractivity contribution in [3.63, 3.8) is 0 Å². The molecule has 0 heterocycles. The van der Waals surface area contributed by atoms with E-state index in [1.54, 1.807) is 12.1 Å².